The zero-order chi connectivity index (χ0) is 7.68. The molecule has 3 nitrogen and oxygen atoms in total. The summed E-state index contributed by atoms with van der Waals surface area (Å²) in [5, 5.41) is 14.7. The van der Waals surface area contributed by atoms with Crippen LogP contribution >= 0.6 is 0 Å². The predicted molar refractivity (Wildman–Crippen MR) is 41.0 cm³/mol. The van der Waals surface area contributed by atoms with E-state index in [1.165, 1.54) is 0 Å². The van der Waals surface area contributed by atoms with Crippen molar-refractivity contribution in [2.24, 2.45) is 0 Å². The van der Waals surface area contributed by atoms with Crippen LogP contribution in [0.25, 0.3) is 0 Å². The van der Waals surface area contributed by atoms with Crippen LogP contribution in [0, 0.1) is 11.3 Å². The van der Waals surface area contributed by atoms with E-state index in [0.29, 0.717) is 5.57 Å². The van der Waals surface area contributed by atoms with Crippen LogP contribution in [0.2, 0.25) is 0 Å². The first-order valence-electron chi connectivity index (χ1n) is 3.43. The van der Waals surface area contributed by atoms with Gasteiger partial charge in [-0.3, -0.25) is 0 Å². The molecule has 2 N–H and O–H groups in total. The Bertz CT molecular complexity index is 315. The molecule has 0 fully saturated rings. The Morgan fingerprint density at radius 2 is 2.36 bits per heavy atom. The van der Waals surface area contributed by atoms with E-state index in [1.54, 1.807) is 6.20 Å². The highest BCUT2D eigenvalue weighted by molar-refractivity contribution is 5.56. The highest BCUT2D eigenvalue weighted by atomic mass is 15.0. The number of allylic oxidation sites excluding steroid dienone is 1. The number of fused-ring (bicyclic) bond motifs is 1. The van der Waals surface area contributed by atoms with Gasteiger partial charge in [-0.1, -0.05) is 6.08 Å². The fourth-order valence-electron chi connectivity index (χ4n) is 1.23. The van der Waals surface area contributed by atoms with Crippen LogP contribution in [-0.4, -0.2) is 6.54 Å². The third kappa shape index (κ3) is 0.802. The third-order valence-corrected chi connectivity index (χ3v) is 1.75. The van der Waals surface area contributed by atoms with Crippen molar-refractivity contribution < 1.29 is 0 Å². The maximum atomic E-state index is 8.68. The van der Waals surface area contributed by atoms with Crippen LogP contribution in [0.15, 0.2) is 35.3 Å². The summed E-state index contributed by atoms with van der Waals surface area (Å²) in [5.74, 6) is 0. The van der Waals surface area contributed by atoms with Crippen molar-refractivity contribution >= 4 is 0 Å². The zero-order valence-electron chi connectivity index (χ0n) is 5.89. The fraction of sp³-hybridized carbons (Fsp3) is 0.125. The van der Waals surface area contributed by atoms with Crippen LogP contribution in [-0.2, 0) is 0 Å². The molecule has 0 saturated heterocycles. The second kappa shape index (κ2) is 2.17. The monoisotopic (exact) mass is 145 g/mol. The molecule has 0 bridgehead atoms. The molecule has 2 rings (SSSR count). The smallest absolute Gasteiger partial charge is 0.101 e. The van der Waals surface area contributed by atoms with E-state index in [1.807, 2.05) is 12.3 Å². The van der Waals surface area contributed by atoms with Crippen molar-refractivity contribution in [2.75, 3.05) is 6.54 Å². The molecule has 0 spiro atoms. The lowest BCUT2D eigenvalue weighted by Crippen LogP contribution is -2.14. The number of hydrogen-bond donors (Lipinski definition) is 2. The lowest BCUT2D eigenvalue weighted by molar-refractivity contribution is 0.941. The average molecular weight is 145 g/mol. The number of nitrogens with one attached hydrogen (secondary N) is 2. The number of hydrogen-bond acceptors (Lipinski definition) is 3. The summed E-state index contributed by atoms with van der Waals surface area (Å²) in [6.07, 6.45) is 5.59. The Hall–Kier alpha value is -1.69. The molecule has 11 heavy (non-hydrogen) atoms. The van der Waals surface area contributed by atoms with E-state index in [2.05, 4.69) is 16.7 Å². The van der Waals surface area contributed by atoms with Gasteiger partial charge in [-0.25, -0.2) is 0 Å². The number of nitrogens with zero attached hydrogens (tertiary/aromatic N) is 1. The number of dihydropyridines is 1. The van der Waals surface area contributed by atoms with E-state index >= 15 is 0 Å². The topological polar surface area (TPSA) is 47.9 Å². The molecule has 0 aromatic heterocycles. The van der Waals surface area contributed by atoms with Gasteiger partial charge >= 0.3 is 0 Å². The molecule has 0 amide bonds. The maximum Gasteiger partial charge on any atom is 0.101 e. The first-order chi connectivity index (χ1) is 5.42. The Labute approximate surface area is 64.7 Å². The van der Waals surface area contributed by atoms with Crippen LogP contribution in [0.1, 0.15) is 0 Å². The Morgan fingerprint density at radius 3 is 3.18 bits per heavy atom. The molecular formula is C8H7N3. The molecule has 0 atom stereocenters. The van der Waals surface area contributed by atoms with Crippen molar-refractivity contribution in [1.29, 1.82) is 5.26 Å². The van der Waals surface area contributed by atoms with Crippen molar-refractivity contribution in [1.82, 2.24) is 10.6 Å². The minimum absolute atomic E-state index is 0.701. The molecule has 0 aromatic carbocycles. The van der Waals surface area contributed by atoms with Gasteiger partial charge in [0.15, 0.2) is 0 Å². The van der Waals surface area contributed by atoms with Gasteiger partial charge in [0.25, 0.3) is 0 Å². The van der Waals surface area contributed by atoms with Gasteiger partial charge in [-0.05, 0) is 0 Å². The van der Waals surface area contributed by atoms with E-state index < -0.39 is 0 Å². The Morgan fingerprint density at radius 1 is 1.45 bits per heavy atom. The van der Waals surface area contributed by atoms with Gasteiger partial charge in [-0.15, -0.1) is 0 Å². The summed E-state index contributed by atoms with van der Waals surface area (Å²) in [6, 6.07) is 2.12. The maximum absolute atomic E-state index is 8.68. The van der Waals surface area contributed by atoms with E-state index in [9.17, 15) is 0 Å². The first-order valence-corrected chi connectivity index (χ1v) is 3.43. The second-order valence-electron chi connectivity index (χ2n) is 2.39. The standard InChI is InChI=1S/C8H7N3/c9-3-6-4-10-5-8-7(6)1-2-11-8/h1,4-5,10-11H,2H2. The highest BCUT2D eigenvalue weighted by Gasteiger charge is 2.16. The van der Waals surface area contributed by atoms with Gasteiger partial charge < -0.3 is 10.6 Å². The zero-order valence-corrected chi connectivity index (χ0v) is 5.89. The molecule has 0 aliphatic carbocycles. The lowest BCUT2D eigenvalue weighted by atomic mass is 10.1. The molecule has 0 radical (unpaired) electrons. The Balaban J connectivity index is 2.41. The summed E-state index contributed by atoms with van der Waals surface area (Å²) in [4.78, 5) is 0. The van der Waals surface area contributed by atoms with E-state index in [4.69, 9.17) is 5.26 Å². The third-order valence-electron chi connectivity index (χ3n) is 1.75. The minimum Gasteiger partial charge on any atom is -0.380 e. The summed E-state index contributed by atoms with van der Waals surface area (Å²) in [7, 11) is 0. The quantitative estimate of drug-likeness (QED) is 0.517. The fourth-order valence-corrected chi connectivity index (χ4v) is 1.23. The average Bonchev–Trinajstić information content (AvgIpc) is 2.50. The van der Waals surface area contributed by atoms with Crippen LogP contribution in [0.3, 0.4) is 0 Å². The SMILES string of the molecule is N#CC1=CNC=C2NCC=C12. The molecule has 2 aliphatic rings. The highest BCUT2D eigenvalue weighted by Crippen LogP contribution is 2.22. The number of nitriles is 1. The van der Waals surface area contributed by atoms with Gasteiger partial charge in [0.1, 0.15) is 6.07 Å². The van der Waals surface area contributed by atoms with Crippen molar-refractivity contribution in [3.63, 3.8) is 0 Å². The van der Waals surface area contributed by atoms with Gasteiger partial charge in [0, 0.05) is 24.5 Å². The lowest BCUT2D eigenvalue weighted by Gasteiger charge is -2.09. The summed E-state index contributed by atoms with van der Waals surface area (Å²) in [6.45, 7) is 0.821. The molecule has 2 aliphatic heterocycles. The van der Waals surface area contributed by atoms with Crippen LogP contribution < -0.4 is 10.6 Å². The first kappa shape index (κ1) is 6.05. The van der Waals surface area contributed by atoms with Gasteiger partial charge in [-0.2, -0.15) is 5.26 Å². The molecule has 2 heterocycles. The van der Waals surface area contributed by atoms with Gasteiger partial charge in [0.2, 0.25) is 0 Å². The molecule has 0 aromatic rings. The van der Waals surface area contributed by atoms with E-state index in [-0.39, 0.29) is 0 Å². The minimum atomic E-state index is 0.701. The molecule has 3 heteroatoms. The predicted octanol–water partition coefficient (Wildman–Crippen LogP) is 0.368. The van der Waals surface area contributed by atoms with Gasteiger partial charge in [0.05, 0.1) is 11.3 Å². The molecule has 0 unspecified atom stereocenters. The summed E-state index contributed by atoms with van der Waals surface area (Å²) in [5.41, 5.74) is 2.74. The summed E-state index contributed by atoms with van der Waals surface area (Å²) >= 11 is 0. The second-order valence-corrected chi connectivity index (χ2v) is 2.39. The number of rotatable bonds is 0. The normalized spacial score (nSPS) is 19.7. The Kier molecular flexibility index (Phi) is 1.19. The molecular weight excluding hydrogens is 138 g/mol. The van der Waals surface area contributed by atoms with E-state index in [0.717, 1.165) is 17.8 Å². The molecule has 0 saturated carbocycles. The largest absolute Gasteiger partial charge is 0.380 e. The molecule has 54 valence electrons. The van der Waals surface area contributed by atoms with Crippen molar-refractivity contribution in [3.8, 4) is 6.07 Å². The van der Waals surface area contributed by atoms with Crippen LogP contribution in [0.4, 0.5) is 0 Å². The van der Waals surface area contributed by atoms with Crippen LogP contribution in [0.5, 0.6) is 0 Å². The summed E-state index contributed by atoms with van der Waals surface area (Å²) < 4.78 is 0. The van der Waals surface area contributed by atoms with Crippen molar-refractivity contribution in [3.05, 3.63) is 35.3 Å². The van der Waals surface area contributed by atoms with Crippen molar-refractivity contribution in [2.45, 2.75) is 0 Å².